The topological polar surface area (TPSA) is 63.8 Å². The van der Waals surface area contributed by atoms with Crippen LogP contribution in [0.1, 0.15) is 37.7 Å². The summed E-state index contributed by atoms with van der Waals surface area (Å²) in [6, 6.07) is 3.77. The number of aromatic nitrogens is 2. The molecule has 3 N–H and O–H groups in total. The summed E-state index contributed by atoms with van der Waals surface area (Å²) in [5.74, 6) is 0.660. The standard InChI is InChI=1S/C14H18N4S2/c1-8-5-6-9(11(15)19)12(16-8)18-13-17-10(7-20-13)14(2,3)4/h5-7H,1-4H3,(H2,15,19)(H,16,17,18). The number of anilines is 2. The molecule has 0 saturated heterocycles. The van der Waals surface area contributed by atoms with Gasteiger partial charge < -0.3 is 11.1 Å². The Hall–Kier alpha value is -1.53. The van der Waals surface area contributed by atoms with Crippen LogP contribution in [0, 0.1) is 6.92 Å². The van der Waals surface area contributed by atoms with Crippen molar-refractivity contribution < 1.29 is 0 Å². The first-order valence-electron chi connectivity index (χ1n) is 6.28. The highest BCUT2D eigenvalue weighted by Crippen LogP contribution is 2.28. The van der Waals surface area contributed by atoms with Gasteiger partial charge in [-0.2, -0.15) is 0 Å². The summed E-state index contributed by atoms with van der Waals surface area (Å²) in [7, 11) is 0. The van der Waals surface area contributed by atoms with Crippen molar-refractivity contribution in [3.05, 3.63) is 34.5 Å². The second-order valence-electron chi connectivity index (χ2n) is 5.63. The molecule has 0 atom stereocenters. The lowest BCUT2D eigenvalue weighted by atomic mass is 9.93. The lowest BCUT2D eigenvalue weighted by molar-refractivity contribution is 0.573. The van der Waals surface area contributed by atoms with Crippen LogP contribution in [0.4, 0.5) is 10.9 Å². The van der Waals surface area contributed by atoms with E-state index >= 15 is 0 Å². The Morgan fingerprint density at radius 1 is 1.30 bits per heavy atom. The maximum absolute atomic E-state index is 5.73. The number of hydrogen-bond donors (Lipinski definition) is 2. The highest BCUT2D eigenvalue weighted by molar-refractivity contribution is 7.80. The van der Waals surface area contributed by atoms with Gasteiger partial charge in [0.15, 0.2) is 5.13 Å². The lowest BCUT2D eigenvalue weighted by Gasteiger charge is -2.14. The molecular formula is C14H18N4S2. The Morgan fingerprint density at radius 3 is 2.55 bits per heavy atom. The van der Waals surface area contributed by atoms with Gasteiger partial charge in [-0.05, 0) is 19.1 Å². The molecule has 6 heteroatoms. The Labute approximate surface area is 128 Å². The van der Waals surface area contributed by atoms with Crippen molar-refractivity contribution in [1.82, 2.24) is 9.97 Å². The van der Waals surface area contributed by atoms with Crippen LogP contribution >= 0.6 is 23.6 Å². The maximum Gasteiger partial charge on any atom is 0.188 e. The molecule has 0 aliphatic carbocycles. The van der Waals surface area contributed by atoms with Gasteiger partial charge in [-0.25, -0.2) is 9.97 Å². The van der Waals surface area contributed by atoms with E-state index in [9.17, 15) is 0 Å². The van der Waals surface area contributed by atoms with Gasteiger partial charge in [0.2, 0.25) is 0 Å². The van der Waals surface area contributed by atoms with Crippen LogP contribution in [0.3, 0.4) is 0 Å². The predicted octanol–water partition coefficient (Wildman–Crippen LogP) is 3.52. The highest BCUT2D eigenvalue weighted by atomic mass is 32.1. The van der Waals surface area contributed by atoms with Crippen molar-refractivity contribution in [3.63, 3.8) is 0 Å². The number of thiazole rings is 1. The van der Waals surface area contributed by atoms with Crippen molar-refractivity contribution >= 4 is 39.5 Å². The average Bonchev–Trinajstić information content (AvgIpc) is 2.76. The van der Waals surface area contributed by atoms with Crippen LogP contribution in [0.5, 0.6) is 0 Å². The van der Waals surface area contributed by atoms with E-state index in [1.165, 1.54) is 0 Å². The van der Waals surface area contributed by atoms with Gasteiger partial charge in [-0.15, -0.1) is 11.3 Å². The molecule has 0 spiro atoms. The molecule has 0 amide bonds. The van der Waals surface area contributed by atoms with E-state index in [2.05, 4.69) is 41.4 Å². The van der Waals surface area contributed by atoms with Gasteiger partial charge in [-0.1, -0.05) is 33.0 Å². The molecule has 0 fully saturated rings. The second-order valence-corrected chi connectivity index (χ2v) is 6.92. The van der Waals surface area contributed by atoms with Crippen LogP contribution in [0.2, 0.25) is 0 Å². The van der Waals surface area contributed by atoms with E-state index < -0.39 is 0 Å². The van der Waals surface area contributed by atoms with E-state index in [1.54, 1.807) is 11.3 Å². The summed E-state index contributed by atoms with van der Waals surface area (Å²) in [5.41, 5.74) is 8.45. The third-order valence-electron chi connectivity index (χ3n) is 2.80. The van der Waals surface area contributed by atoms with Crippen molar-refractivity contribution in [3.8, 4) is 0 Å². The van der Waals surface area contributed by atoms with E-state index in [4.69, 9.17) is 18.0 Å². The van der Waals surface area contributed by atoms with Gasteiger partial charge in [0, 0.05) is 16.5 Å². The van der Waals surface area contributed by atoms with E-state index in [0.29, 0.717) is 10.8 Å². The number of nitrogens with zero attached hydrogens (tertiary/aromatic N) is 2. The number of aryl methyl sites for hydroxylation is 1. The van der Waals surface area contributed by atoms with Crippen molar-refractivity contribution in [2.45, 2.75) is 33.1 Å². The first-order chi connectivity index (χ1) is 9.27. The SMILES string of the molecule is Cc1ccc(C(N)=S)c(Nc2nc(C(C)(C)C)cs2)n1. The molecule has 2 rings (SSSR count). The molecule has 4 nitrogen and oxygen atoms in total. The van der Waals surface area contributed by atoms with Crippen LogP contribution in [-0.2, 0) is 5.41 Å². The first kappa shape index (κ1) is 14.9. The number of pyridine rings is 1. The quantitative estimate of drug-likeness (QED) is 0.849. The van der Waals surface area contributed by atoms with Gasteiger partial charge in [0.25, 0.3) is 0 Å². The third kappa shape index (κ3) is 3.32. The number of hydrogen-bond acceptors (Lipinski definition) is 5. The largest absolute Gasteiger partial charge is 0.389 e. The molecule has 0 aliphatic heterocycles. The van der Waals surface area contributed by atoms with E-state index in [1.807, 2.05) is 19.1 Å². The summed E-state index contributed by atoms with van der Waals surface area (Å²) in [6.07, 6.45) is 0. The normalized spacial score (nSPS) is 11.4. The average molecular weight is 306 g/mol. The summed E-state index contributed by atoms with van der Waals surface area (Å²) in [5, 5.41) is 6.07. The molecule has 0 saturated carbocycles. The van der Waals surface area contributed by atoms with Gasteiger partial charge in [0.05, 0.1) is 11.3 Å². The fraction of sp³-hybridized carbons (Fsp3) is 0.357. The van der Waals surface area contributed by atoms with Crippen molar-refractivity contribution in [1.29, 1.82) is 0 Å². The monoisotopic (exact) mass is 306 g/mol. The molecule has 2 heterocycles. The zero-order valence-electron chi connectivity index (χ0n) is 12.0. The van der Waals surface area contributed by atoms with Crippen molar-refractivity contribution in [2.75, 3.05) is 5.32 Å². The minimum absolute atomic E-state index is 0.0302. The minimum atomic E-state index is 0.0302. The van der Waals surface area contributed by atoms with Crippen LogP contribution in [0.25, 0.3) is 0 Å². The fourth-order valence-electron chi connectivity index (χ4n) is 1.63. The van der Waals surface area contributed by atoms with Crippen LogP contribution in [-0.4, -0.2) is 15.0 Å². The zero-order valence-corrected chi connectivity index (χ0v) is 13.7. The smallest absolute Gasteiger partial charge is 0.188 e. The Balaban J connectivity index is 2.32. The molecular weight excluding hydrogens is 288 g/mol. The van der Waals surface area contributed by atoms with E-state index in [0.717, 1.165) is 22.1 Å². The van der Waals surface area contributed by atoms with Crippen LogP contribution in [0.15, 0.2) is 17.5 Å². The Kier molecular flexibility index (Phi) is 4.06. The number of nitrogens with two attached hydrogens (primary N) is 1. The summed E-state index contributed by atoms with van der Waals surface area (Å²) in [6.45, 7) is 8.34. The summed E-state index contributed by atoms with van der Waals surface area (Å²) >= 11 is 6.61. The van der Waals surface area contributed by atoms with Crippen LogP contribution < -0.4 is 11.1 Å². The molecule has 106 valence electrons. The first-order valence-corrected chi connectivity index (χ1v) is 7.56. The second kappa shape index (κ2) is 5.46. The highest BCUT2D eigenvalue weighted by Gasteiger charge is 2.18. The maximum atomic E-state index is 5.73. The Bertz CT molecular complexity index is 641. The number of thiocarbonyl (C=S) groups is 1. The minimum Gasteiger partial charge on any atom is -0.389 e. The number of rotatable bonds is 3. The van der Waals surface area contributed by atoms with Gasteiger partial charge in [-0.3, -0.25) is 0 Å². The molecule has 20 heavy (non-hydrogen) atoms. The Morgan fingerprint density at radius 2 is 2.00 bits per heavy atom. The van der Waals surface area contributed by atoms with Crippen molar-refractivity contribution in [2.24, 2.45) is 5.73 Å². The molecule has 0 bridgehead atoms. The fourth-order valence-corrected chi connectivity index (χ4v) is 2.73. The molecule has 2 aromatic heterocycles. The summed E-state index contributed by atoms with van der Waals surface area (Å²) < 4.78 is 0. The molecule has 0 aliphatic rings. The zero-order chi connectivity index (χ0) is 14.9. The lowest BCUT2D eigenvalue weighted by Crippen LogP contribution is -2.14. The molecule has 0 unspecified atom stereocenters. The number of nitrogens with one attached hydrogen (secondary N) is 1. The molecule has 0 radical (unpaired) electrons. The predicted molar refractivity (Wildman–Crippen MR) is 89.0 cm³/mol. The van der Waals surface area contributed by atoms with Gasteiger partial charge in [0.1, 0.15) is 10.8 Å². The van der Waals surface area contributed by atoms with E-state index in [-0.39, 0.29) is 5.41 Å². The van der Waals surface area contributed by atoms with Gasteiger partial charge >= 0.3 is 0 Å². The molecule has 0 aromatic carbocycles. The third-order valence-corrected chi connectivity index (χ3v) is 3.78. The molecule has 2 aromatic rings. The summed E-state index contributed by atoms with van der Waals surface area (Å²) in [4.78, 5) is 9.37.